The number of likely N-dealkylation sites (tertiary alicyclic amines) is 1. The van der Waals surface area contributed by atoms with E-state index < -0.39 is 6.04 Å². The van der Waals surface area contributed by atoms with E-state index >= 15 is 0 Å². The van der Waals surface area contributed by atoms with Crippen molar-refractivity contribution in [3.63, 3.8) is 0 Å². The first-order valence-corrected chi connectivity index (χ1v) is 13.9. The highest BCUT2D eigenvalue weighted by Crippen LogP contribution is 2.52. The van der Waals surface area contributed by atoms with Crippen molar-refractivity contribution in [2.75, 3.05) is 38.1 Å². The number of benzene rings is 1. The topological polar surface area (TPSA) is 83.6 Å². The summed E-state index contributed by atoms with van der Waals surface area (Å²) in [5, 5.41) is 7.40. The normalized spacial score (nSPS) is 19.2. The number of pyridine rings is 1. The van der Waals surface area contributed by atoms with Gasteiger partial charge in [-0.15, -0.1) is 0 Å². The summed E-state index contributed by atoms with van der Waals surface area (Å²) in [4.78, 5) is 32.6. The summed E-state index contributed by atoms with van der Waals surface area (Å²) in [5.74, 6) is 0.612. The zero-order valence-corrected chi connectivity index (χ0v) is 22.7. The predicted octanol–water partition coefficient (Wildman–Crippen LogP) is 4.81. The molecule has 1 saturated heterocycles. The van der Waals surface area contributed by atoms with Crippen molar-refractivity contribution in [2.45, 2.75) is 51.5 Å². The molecular formula is C28H34Cl2N4O3. The summed E-state index contributed by atoms with van der Waals surface area (Å²) < 4.78 is 5.12. The second-order valence-electron chi connectivity index (χ2n) is 10.7. The van der Waals surface area contributed by atoms with Crippen LogP contribution >= 0.6 is 23.2 Å². The molecule has 1 aliphatic carbocycles. The van der Waals surface area contributed by atoms with Gasteiger partial charge in [0.2, 0.25) is 5.91 Å². The Labute approximate surface area is 228 Å². The van der Waals surface area contributed by atoms with Crippen molar-refractivity contribution >= 4 is 40.9 Å². The molecule has 5 rings (SSSR count). The lowest BCUT2D eigenvalue weighted by atomic mass is 9.57. The van der Waals surface area contributed by atoms with Crippen LogP contribution in [0.15, 0.2) is 30.3 Å². The number of carbonyl (C=O) groups excluding carboxylic acids is 2. The molecule has 2 N–H and O–H groups in total. The molecule has 2 aliphatic heterocycles. The summed E-state index contributed by atoms with van der Waals surface area (Å²) in [6.07, 6.45) is 5.00. The number of ether oxygens (including phenoxy) is 1. The van der Waals surface area contributed by atoms with Crippen molar-refractivity contribution in [1.29, 1.82) is 0 Å². The van der Waals surface area contributed by atoms with Crippen LogP contribution in [0, 0.1) is 11.3 Å². The van der Waals surface area contributed by atoms with E-state index in [4.69, 9.17) is 32.9 Å². The molecule has 0 radical (unpaired) electrons. The molecule has 37 heavy (non-hydrogen) atoms. The van der Waals surface area contributed by atoms with Gasteiger partial charge in [0, 0.05) is 54.3 Å². The van der Waals surface area contributed by atoms with Crippen LogP contribution in [0.1, 0.15) is 55.5 Å². The molecule has 0 bridgehead atoms. The molecule has 1 aromatic carbocycles. The van der Waals surface area contributed by atoms with E-state index in [1.165, 1.54) is 12.0 Å². The Balaban J connectivity index is 1.10. The van der Waals surface area contributed by atoms with Gasteiger partial charge in [-0.05, 0) is 73.4 Å². The maximum atomic E-state index is 13.1. The molecule has 198 valence electrons. The Morgan fingerprint density at radius 2 is 1.97 bits per heavy atom. The average Bonchev–Trinajstić information content (AvgIpc) is 2.81. The van der Waals surface area contributed by atoms with Gasteiger partial charge in [-0.3, -0.25) is 9.59 Å². The van der Waals surface area contributed by atoms with Gasteiger partial charge in [0.1, 0.15) is 5.82 Å². The number of rotatable bonds is 9. The molecule has 2 aromatic rings. The molecule has 7 nitrogen and oxygen atoms in total. The number of hydrogen-bond acceptors (Lipinski definition) is 6. The molecule has 1 saturated carbocycles. The van der Waals surface area contributed by atoms with E-state index in [1.807, 2.05) is 0 Å². The van der Waals surface area contributed by atoms with Crippen LogP contribution in [0.25, 0.3) is 0 Å². The highest BCUT2D eigenvalue weighted by Gasteiger charge is 2.54. The van der Waals surface area contributed by atoms with Gasteiger partial charge >= 0.3 is 5.97 Å². The molecule has 3 aliphatic rings. The minimum atomic E-state index is -0.532. The maximum absolute atomic E-state index is 13.1. The van der Waals surface area contributed by atoms with E-state index in [9.17, 15) is 9.59 Å². The molecule has 1 aromatic heterocycles. The third kappa shape index (κ3) is 6.21. The van der Waals surface area contributed by atoms with Crippen LogP contribution in [0.5, 0.6) is 0 Å². The van der Waals surface area contributed by atoms with E-state index in [0.717, 1.165) is 63.4 Å². The number of hydrogen-bond donors (Lipinski definition) is 2. The molecule has 2 fully saturated rings. The summed E-state index contributed by atoms with van der Waals surface area (Å²) in [5.41, 5.74) is 3.39. The molecule has 1 spiro atoms. The number of aryl methyl sites for hydroxylation is 1. The van der Waals surface area contributed by atoms with Crippen molar-refractivity contribution in [3.8, 4) is 0 Å². The minimum absolute atomic E-state index is 0.0276. The fraction of sp³-hybridized carbons (Fsp3) is 0.536. The molecular weight excluding hydrogens is 511 g/mol. The zero-order valence-electron chi connectivity index (χ0n) is 21.2. The lowest BCUT2D eigenvalue weighted by Crippen LogP contribution is -2.64. The van der Waals surface area contributed by atoms with Crippen LogP contribution in [-0.4, -0.2) is 54.5 Å². The van der Waals surface area contributed by atoms with Crippen LogP contribution < -0.4 is 10.6 Å². The summed E-state index contributed by atoms with van der Waals surface area (Å²) >= 11 is 12.4. The Kier molecular flexibility index (Phi) is 7.93. The number of nitrogens with one attached hydrogen (secondary N) is 2. The largest absolute Gasteiger partial charge is 0.466 e. The lowest BCUT2D eigenvalue weighted by molar-refractivity contribution is -0.147. The molecule has 1 atom stereocenters. The summed E-state index contributed by atoms with van der Waals surface area (Å²) in [7, 11) is 0. The Hall–Kier alpha value is -2.35. The van der Waals surface area contributed by atoms with Gasteiger partial charge < -0.3 is 20.3 Å². The van der Waals surface area contributed by atoms with E-state index in [0.29, 0.717) is 15.6 Å². The number of fused-ring (bicyclic) bond motifs is 1. The van der Waals surface area contributed by atoms with Crippen LogP contribution in [0.2, 0.25) is 10.0 Å². The van der Waals surface area contributed by atoms with E-state index in [2.05, 4.69) is 27.7 Å². The smallest absolute Gasteiger partial charge is 0.308 e. The Morgan fingerprint density at radius 3 is 2.70 bits per heavy atom. The van der Waals surface area contributed by atoms with Gasteiger partial charge in [0.25, 0.3) is 0 Å². The highest BCUT2D eigenvalue weighted by molar-refractivity contribution is 6.34. The lowest BCUT2D eigenvalue weighted by Gasteiger charge is -2.59. The second-order valence-corrected chi connectivity index (χ2v) is 11.6. The third-order valence-corrected chi connectivity index (χ3v) is 8.20. The van der Waals surface area contributed by atoms with Crippen LogP contribution in [-0.2, 0) is 27.2 Å². The summed E-state index contributed by atoms with van der Waals surface area (Å²) in [6.45, 7) is 6.09. The van der Waals surface area contributed by atoms with Crippen molar-refractivity contribution < 1.29 is 14.3 Å². The number of esters is 1. The fourth-order valence-corrected chi connectivity index (χ4v) is 6.52. The van der Waals surface area contributed by atoms with Gasteiger partial charge in [0.05, 0.1) is 19.1 Å². The third-order valence-electron chi connectivity index (χ3n) is 7.76. The van der Waals surface area contributed by atoms with Crippen molar-refractivity contribution in [1.82, 2.24) is 15.2 Å². The number of carbonyl (C=O) groups is 2. The quantitative estimate of drug-likeness (QED) is 0.440. The first-order valence-electron chi connectivity index (χ1n) is 13.2. The number of halogens is 2. The molecule has 0 unspecified atom stereocenters. The Bertz CT molecular complexity index is 1140. The van der Waals surface area contributed by atoms with Gasteiger partial charge in [0.15, 0.2) is 0 Å². The maximum Gasteiger partial charge on any atom is 0.308 e. The second kappa shape index (κ2) is 11.2. The van der Waals surface area contributed by atoms with Gasteiger partial charge in [-0.2, -0.15) is 0 Å². The number of amides is 1. The number of aromatic nitrogens is 1. The van der Waals surface area contributed by atoms with Crippen LogP contribution in [0.4, 0.5) is 5.82 Å². The van der Waals surface area contributed by atoms with E-state index in [1.54, 1.807) is 25.1 Å². The van der Waals surface area contributed by atoms with Crippen LogP contribution in [0.3, 0.4) is 0 Å². The molecule has 9 heteroatoms. The van der Waals surface area contributed by atoms with E-state index in [-0.39, 0.29) is 36.2 Å². The number of anilines is 1. The molecule has 1 amide bonds. The highest BCUT2D eigenvalue weighted by atomic mass is 35.5. The standard InChI is InChI=1S/C28H34Cl2N4O3/c1-2-37-25(35)13-24(19-10-21(29)12-22(30)11-19)33-27(36)20-14-28(15-20)16-34(17-28)9-7-23-6-5-18-4-3-8-31-26(18)32-23/h5-6,10-12,20,24H,2-4,7-9,13-17H2,1H3,(H,31,32)(H,33,36)/t24-/m0/s1. The van der Waals surface area contributed by atoms with Crippen molar-refractivity contribution in [2.24, 2.45) is 11.3 Å². The minimum Gasteiger partial charge on any atom is -0.466 e. The number of nitrogens with zero attached hydrogens (tertiary/aromatic N) is 2. The van der Waals surface area contributed by atoms with Gasteiger partial charge in [-0.25, -0.2) is 4.98 Å². The SMILES string of the molecule is CCOC(=O)C[C@H](NC(=O)C1CC2(C1)CN(CCc1ccc3c(n1)NCCC3)C2)c1cc(Cl)cc(Cl)c1. The van der Waals surface area contributed by atoms with Gasteiger partial charge in [-0.1, -0.05) is 29.3 Å². The monoisotopic (exact) mass is 544 g/mol. The summed E-state index contributed by atoms with van der Waals surface area (Å²) in [6, 6.07) is 8.94. The first-order chi connectivity index (χ1) is 17.8. The predicted molar refractivity (Wildman–Crippen MR) is 145 cm³/mol. The fourth-order valence-electron chi connectivity index (χ4n) is 5.98. The Morgan fingerprint density at radius 1 is 1.22 bits per heavy atom. The van der Waals surface area contributed by atoms with Crippen molar-refractivity contribution in [3.05, 3.63) is 57.2 Å². The molecule has 3 heterocycles. The average molecular weight is 546 g/mol. The zero-order chi connectivity index (χ0) is 26.0. The first kappa shape index (κ1) is 26.3.